The predicted octanol–water partition coefficient (Wildman–Crippen LogP) is 2.86. The molecule has 0 saturated heterocycles. The molecule has 0 aliphatic rings. The molecule has 1 aromatic rings. The first-order valence-corrected chi connectivity index (χ1v) is 5.70. The summed E-state index contributed by atoms with van der Waals surface area (Å²) in [5, 5.41) is 14.6. The van der Waals surface area contributed by atoms with E-state index in [0.717, 1.165) is 30.6 Å². The van der Waals surface area contributed by atoms with Crippen molar-refractivity contribution >= 4 is 0 Å². The Kier molecular flexibility index (Phi) is 3.42. The van der Waals surface area contributed by atoms with Crippen molar-refractivity contribution in [1.82, 2.24) is 9.78 Å². The van der Waals surface area contributed by atoms with Gasteiger partial charge in [0.05, 0.1) is 5.69 Å². The average molecular weight is 210 g/mol. The van der Waals surface area contributed by atoms with E-state index in [4.69, 9.17) is 0 Å². The van der Waals surface area contributed by atoms with Crippen molar-refractivity contribution in [2.24, 2.45) is 0 Å². The molecular formula is C12H22N2O. The van der Waals surface area contributed by atoms with Crippen LogP contribution in [0, 0.1) is 0 Å². The minimum Gasteiger partial charge on any atom is -0.493 e. The fourth-order valence-corrected chi connectivity index (χ4v) is 1.88. The monoisotopic (exact) mass is 210 g/mol. The van der Waals surface area contributed by atoms with E-state index < -0.39 is 0 Å². The third-order valence-electron chi connectivity index (χ3n) is 2.52. The van der Waals surface area contributed by atoms with Crippen molar-refractivity contribution in [2.75, 3.05) is 0 Å². The first-order chi connectivity index (χ1) is 6.91. The van der Waals surface area contributed by atoms with Gasteiger partial charge in [-0.2, -0.15) is 5.10 Å². The van der Waals surface area contributed by atoms with E-state index in [-0.39, 0.29) is 5.41 Å². The van der Waals surface area contributed by atoms with Gasteiger partial charge >= 0.3 is 0 Å². The topological polar surface area (TPSA) is 38.0 Å². The fourth-order valence-electron chi connectivity index (χ4n) is 1.88. The standard InChI is InChI=1S/C12H22N2O/c1-6-8-14-11(15)10(12(3,4)5)9(7-2)13-14/h15H,6-8H2,1-5H3. The number of aromatic hydroxyl groups is 1. The van der Waals surface area contributed by atoms with Crippen molar-refractivity contribution in [3.63, 3.8) is 0 Å². The van der Waals surface area contributed by atoms with Gasteiger partial charge in [-0.1, -0.05) is 34.6 Å². The van der Waals surface area contributed by atoms with Gasteiger partial charge in [-0.3, -0.25) is 0 Å². The Morgan fingerprint density at radius 3 is 2.20 bits per heavy atom. The smallest absolute Gasteiger partial charge is 0.213 e. The fraction of sp³-hybridized carbons (Fsp3) is 0.750. The molecule has 0 amide bonds. The zero-order valence-corrected chi connectivity index (χ0v) is 10.5. The van der Waals surface area contributed by atoms with Gasteiger partial charge in [-0.25, -0.2) is 4.68 Å². The number of hydrogen-bond acceptors (Lipinski definition) is 2. The molecule has 0 atom stereocenters. The minimum atomic E-state index is -0.0403. The Labute approximate surface area is 92.1 Å². The molecule has 0 aliphatic carbocycles. The van der Waals surface area contributed by atoms with Crippen LogP contribution in [-0.2, 0) is 18.4 Å². The maximum absolute atomic E-state index is 10.1. The molecular weight excluding hydrogens is 188 g/mol. The summed E-state index contributed by atoms with van der Waals surface area (Å²) in [5.74, 6) is 0.348. The van der Waals surface area contributed by atoms with Crippen LogP contribution in [0.5, 0.6) is 5.88 Å². The van der Waals surface area contributed by atoms with Crippen molar-refractivity contribution in [3.8, 4) is 5.88 Å². The van der Waals surface area contributed by atoms with Crippen LogP contribution in [0.15, 0.2) is 0 Å². The molecule has 1 heterocycles. The van der Waals surface area contributed by atoms with E-state index >= 15 is 0 Å². The van der Waals surface area contributed by atoms with E-state index in [2.05, 4.69) is 39.7 Å². The Morgan fingerprint density at radius 1 is 1.27 bits per heavy atom. The summed E-state index contributed by atoms with van der Waals surface area (Å²) in [6, 6.07) is 0. The van der Waals surface area contributed by atoms with E-state index in [1.807, 2.05) is 0 Å². The zero-order chi connectivity index (χ0) is 11.6. The van der Waals surface area contributed by atoms with Gasteiger partial charge in [0, 0.05) is 12.1 Å². The van der Waals surface area contributed by atoms with E-state index in [1.54, 1.807) is 4.68 Å². The molecule has 0 unspecified atom stereocenters. The Balaban J connectivity index is 3.23. The SMILES string of the molecule is CCCn1nc(CC)c(C(C)(C)C)c1O. The van der Waals surface area contributed by atoms with E-state index in [0.29, 0.717) is 5.88 Å². The molecule has 0 aromatic carbocycles. The number of rotatable bonds is 3. The molecule has 0 fully saturated rings. The van der Waals surface area contributed by atoms with Gasteiger partial charge in [0.2, 0.25) is 5.88 Å². The second kappa shape index (κ2) is 4.25. The number of aromatic nitrogens is 2. The second-order valence-electron chi connectivity index (χ2n) is 4.97. The van der Waals surface area contributed by atoms with Gasteiger partial charge in [0.25, 0.3) is 0 Å². The van der Waals surface area contributed by atoms with Gasteiger partial charge in [-0.15, -0.1) is 0 Å². The predicted molar refractivity (Wildman–Crippen MR) is 62.3 cm³/mol. The zero-order valence-electron chi connectivity index (χ0n) is 10.5. The van der Waals surface area contributed by atoms with Gasteiger partial charge < -0.3 is 5.11 Å². The first-order valence-electron chi connectivity index (χ1n) is 5.70. The largest absolute Gasteiger partial charge is 0.493 e. The van der Waals surface area contributed by atoms with Gasteiger partial charge in [0.15, 0.2) is 0 Å². The molecule has 3 heteroatoms. The maximum Gasteiger partial charge on any atom is 0.213 e. The molecule has 0 radical (unpaired) electrons. The summed E-state index contributed by atoms with van der Waals surface area (Å²) < 4.78 is 1.72. The third kappa shape index (κ3) is 2.33. The Morgan fingerprint density at radius 2 is 1.87 bits per heavy atom. The maximum atomic E-state index is 10.1. The highest BCUT2D eigenvalue weighted by molar-refractivity contribution is 5.36. The van der Waals surface area contributed by atoms with Crippen LogP contribution < -0.4 is 0 Å². The van der Waals surface area contributed by atoms with Crippen molar-refractivity contribution in [2.45, 2.75) is 59.4 Å². The van der Waals surface area contributed by atoms with Crippen molar-refractivity contribution in [1.29, 1.82) is 0 Å². The molecule has 86 valence electrons. The summed E-state index contributed by atoms with van der Waals surface area (Å²) >= 11 is 0. The normalized spacial score (nSPS) is 12.1. The van der Waals surface area contributed by atoms with Crippen LogP contribution in [0.25, 0.3) is 0 Å². The van der Waals surface area contributed by atoms with Crippen LogP contribution in [0.1, 0.15) is 52.3 Å². The van der Waals surface area contributed by atoms with E-state index in [1.165, 1.54) is 0 Å². The lowest BCUT2D eigenvalue weighted by molar-refractivity contribution is 0.383. The summed E-state index contributed by atoms with van der Waals surface area (Å²) in [7, 11) is 0. The summed E-state index contributed by atoms with van der Waals surface area (Å²) in [5.41, 5.74) is 1.98. The Bertz CT molecular complexity index is 334. The number of hydrogen-bond donors (Lipinski definition) is 1. The molecule has 1 N–H and O–H groups in total. The van der Waals surface area contributed by atoms with Gasteiger partial charge in [0.1, 0.15) is 0 Å². The molecule has 1 rings (SSSR count). The molecule has 0 spiro atoms. The molecule has 15 heavy (non-hydrogen) atoms. The highest BCUT2D eigenvalue weighted by Gasteiger charge is 2.26. The van der Waals surface area contributed by atoms with Crippen LogP contribution in [0.3, 0.4) is 0 Å². The number of nitrogens with zero attached hydrogens (tertiary/aromatic N) is 2. The number of aryl methyl sites for hydroxylation is 2. The molecule has 0 aliphatic heterocycles. The molecule has 0 bridgehead atoms. The molecule has 0 saturated carbocycles. The lowest BCUT2D eigenvalue weighted by Crippen LogP contribution is -2.12. The van der Waals surface area contributed by atoms with Crippen LogP contribution in [0.4, 0.5) is 0 Å². The second-order valence-corrected chi connectivity index (χ2v) is 4.97. The first kappa shape index (κ1) is 12.1. The van der Waals surface area contributed by atoms with Crippen molar-refractivity contribution in [3.05, 3.63) is 11.3 Å². The molecule has 3 nitrogen and oxygen atoms in total. The molecule has 1 aromatic heterocycles. The third-order valence-corrected chi connectivity index (χ3v) is 2.52. The van der Waals surface area contributed by atoms with Crippen molar-refractivity contribution < 1.29 is 5.11 Å². The minimum absolute atomic E-state index is 0.0403. The highest BCUT2D eigenvalue weighted by atomic mass is 16.3. The highest BCUT2D eigenvalue weighted by Crippen LogP contribution is 2.33. The Hall–Kier alpha value is -0.990. The average Bonchev–Trinajstić information content (AvgIpc) is 2.43. The lowest BCUT2D eigenvalue weighted by Gasteiger charge is -2.18. The quantitative estimate of drug-likeness (QED) is 0.833. The summed E-state index contributed by atoms with van der Waals surface area (Å²) in [6.45, 7) is 11.3. The van der Waals surface area contributed by atoms with Crippen LogP contribution >= 0.6 is 0 Å². The van der Waals surface area contributed by atoms with Crippen LogP contribution in [-0.4, -0.2) is 14.9 Å². The lowest BCUT2D eigenvalue weighted by atomic mass is 9.86. The summed E-state index contributed by atoms with van der Waals surface area (Å²) in [6.07, 6.45) is 1.86. The van der Waals surface area contributed by atoms with E-state index in [9.17, 15) is 5.11 Å². The van der Waals surface area contributed by atoms with Gasteiger partial charge in [-0.05, 0) is 18.3 Å². The summed E-state index contributed by atoms with van der Waals surface area (Å²) in [4.78, 5) is 0. The van der Waals surface area contributed by atoms with Crippen LogP contribution in [0.2, 0.25) is 0 Å².